The Kier molecular flexibility index (Phi) is 12.0. The molecule has 2 aromatic heterocycles. The minimum Gasteiger partial charge on any atom is -0.139 e. The monoisotopic (exact) mass is 540 g/mol. The molecule has 0 radical (unpaired) electrons. The van der Waals surface area contributed by atoms with E-state index in [4.69, 9.17) is 0 Å². The van der Waals surface area contributed by atoms with Gasteiger partial charge in [0.15, 0.2) is 0 Å². The van der Waals surface area contributed by atoms with Gasteiger partial charge in [-0.1, -0.05) is 98.6 Å². The van der Waals surface area contributed by atoms with Crippen LogP contribution in [-0.2, 0) is 23.7 Å². The topological polar surface area (TPSA) is 0 Å². The molecule has 0 amide bonds. The molecule has 1 aliphatic carbocycles. The van der Waals surface area contributed by atoms with Gasteiger partial charge in [0, 0.05) is 19.5 Å². The predicted octanol–water partition coefficient (Wildman–Crippen LogP) is 12.6. The number of hydrogen-bond acceptors (Lipinski definition) is 2. The summed E-state index contributed by atoms with van der Waals surface area (Å²) in [5.41, 5.74) is 5.29. The highest BCUT2D eigenvalue weighted by Gasteiger charge is 2.29. The first-order chi connectivity index (χ1) is 17.7. The van der Waals surface area contributed by atoms with Crippen LogP contribution in [0.5, 0.6) is 0 Å². The lowest BCUT2D eigenvalue weighted by atomic mass is 9.82. The van der Waals surface area contributed by atoms with E-state index >= 15 is 0 Å². The molecule has 3 rings (SSSR count). The van der Waals surface area contributed by atoms with Crippen molar-refractivity contribution >= 4 is 22.7 Å². The highest BCUT2D eigenvalue weighted by atomic mass is 32.1. The molecule has 0 aliphatic heterocycles. The summed E-state index contributed by atoms with van der Waals surface area (Å²) >= 11 is 4.27. The van der Waals surface area contributed by atoms with Gasteiger partial charge in [0.05, 0.1) is 0 Å². The summed E-state index contributed by atoms with van der Waals surface area (Å²) in [6.45, 7) is 19.0. The van der Waals surface area contributed by atoms with Crippen LogP contribution in [0.3, 0.4) is 0 Å². The Bertz CT molecular complexity index is 968. The molecule has 37 heavy (non-hydrogen) atoms. The van der Waals surface area contributed by atoms with E-state index in [0.29, 0.717) is 0 Å². The van der Waals surface area contributed by atoms with E-state index in [1.165, 1.54) is 115 Å². The fourth-order valence-electron chi connectivity index (χ4n) is 6.01. The van der Waals surface area contributed by atoms with E-state index in [-0.39, 0.29) is 10.8 Å². The third-order valence-corrected chi connectivity index (χ3v) is 11.9. The van der Waals surface area contributed by atoms with Crippen molar-refractivity contribution in [2.75, 3.05) is 0 Å². The van der Waals surface area contributed by atoms with Crippen LogP contribution in [0.1, 0.15) is 159 Å². The Hall–Kier alpha value is -0.860. The minimum atomic E-state index is 0.263. The normalized spacial score (nSPS) is 17.3. The first kappa shape index (κ1) is 30.7. The minimum absolute atomic E-state index is 0.263. The number of rotatable bonds is 11. The second kappa shape index (κ2) is 14.5. The van der Waals surface area contributed by atoms with Crippen LogP contribution in [0.4, 0.5) is 0 Å². The number of unbranched alkanes of at least 4 members (excludes halogenated alkanes) is 5. The number of thiophene rings is 2. The molecule has 0 bridgehead atoms. The summed E-state index contributed by atoms with van der Waals surface area (Å²) < 4.78 is 0. The Morgan fingerprint density at radius 2 is 1.51 bits per heavy atom. The van der Waals surface area contributed by atoms with Crippen LogP contribution in [0.2, 0.25) is 0 Å². The van der Waals surface area contributed by atoms with Crippen LogP contribution in [0.15, 0.2) is 24.3 Å². The second-order valence-electron chi connectivity index (χ2n) is 13.1. The van der Waals surface area contributed by atoms with Crippen molar-refractivity contribution in [1.82, 2.24) is 0 Å². The van der Waals surface area contributed by atoms with E-state index in [1.807, 2.05) is 0 Å². The summed E-state index contributed by atoms with van der Waals surface area (Å²) in [4.78, 5) is 6.45. The van der Waals surface area contributed by atoms with E-state index in [9.17, 15) is 0 Å². The number of aryl methyl sites for hydroxylation is 2. The third kappa shape index (κ3) is 8.82. The maximum absolute atomic E-state index is 4.36. The third-order valence-electron chi connectivity index (χ3n) is 8.64. The highest BCUT2D eigenvalue weighted by Crippen LogP contribution is 2.47. The molecule has 0 aromatic carbocycles. The van der Waals surface area contributed by atoms with E-state index in [0.717, 1.165) is 0 Å². The molecular formula is C35H56S2. The van der Waals surface area contributed by atoms with Gasteiger partial charge in [-0.05, 0) is 98.3 Å². The molecule has 0 fully saturated rings. The maximum atomic E-state index is 4.36. The lowest BCUT2D eigenvalue weighted by molar-refractivity contribution is 0.453. The zero-order chi connectivity index (χ0) is 26.9. The summed E-state index contributed by atoms with van der Waals surface area (Å²) in [6.07, 6.45) is 22.1. The van der Waals surface area contributed by atoms with Crippen LogP contribution in [0, 0.1) is 0 Å². The van der Waals surface area contributed by atoms with Gasteiger partial charge in [0.1, 0.15) is 0 Å². The average molecular weight is 541 g/mol. The molecule has 0 unspecified atom stereocenters. The molecule has 0 saturated heterocycles. The van der Waals surface area contributed by atoms with E-state index < -0.39 is 0 Å². The summed E-state index contributed by atoms with van der Waals surface area (Å²) in [5, 5.41) is 0. The molecule has 0 spiro atoms. The molecule has 0 saturated carbocycles. The highest BCUT2D eigenvalue weighted by molar-refractivity contribution is 7.22. The molecule has 2 aromatic rings. The predicted molar refractivity (Wildman–Crippen MR) is 171 cm³/mol. The zero-order valence-corrected chi connectivity index (χ0v) is 26.8. The molecule has 0 N–H and O–H groups in total. The Morgan fingerprint density at radius 3 is 2.24 bits per heavy atom. The molecule has 208 valence electrons. The Morgan fingerprint density at radius 1 is 0.838 bits per heavy atom. The number of fused-ring (bicyclic) bond motifs is 1. The fraction of sp³-hybridized carbons (Fsp3) is 0.714. The van der Waals surface area contributed by atoms with Crippen molar-refractivity contribution in [3.05, 3.63) is 45.2 Å². The quantitative estimate of drug-likeness (QED) is 0.196. The van der Waals surface area contributed by atoms with Gasteiger partial charge >= 0.3 is 0 Å². The van der Waals surface area contributed by atoms with Gasteiger partial charge in [-0.2, -0.15) is 0 Å². The molecule has 0 atom stereocenters. The SMILES string of the molecule is C=C1CCCCc2cc(-c3sc(C(C)(C)CCCCC)cc3CCCCCC)sc2C(C)(C)CCCC1. The smallest absolute Gasteiger partial charge is 0.0477 e. The number of allylic oxidation sites excluding steroid dienone is 1. The first-order valence-electron chi connectivity index (χ1n) is 15.6. The van der Waals surface area contributed by atoms with Crippen molar-refractivity contribution in [3.8, 4) is 9.75 Å². The lowest BCUT2D eigenvalue weighted by Crippen LogP contribution is -2.17. The fourth-order valence-corrected chi connectivity index (χ4v) is 8.83. The van der Waals surface area contributed by atoms with Gasteiger partial charge in [-0.3, -0.25) is 0 Å². The Labute approximate surface area is 238 Å². The van der Waals surface area contributed by atoms with Gasteiger partial charge in [0.25, 0.3) is 0 Å². The first-order valence-corrected chi connectivity index (χ1v) is 17.2. The Balaban J connectivity index is 1.96. The van der Waals surface area contributed by atoms with Crippen LogP contribution in [0.25, 0.3) is 9.75 Å². The van der Waals surface area contributed by atoms with Crippen molar-refractivity contribution in [3.63, 3.8) is 0 Å². The molecular weight excluding hydrogens is 485 g/mol. The maximum Gasteiger partial charge on any atom is 0.0477 e. The van der Waals surface area contributed by atoms with Crippen LogP contribution < -0.4 is 0 Å². The standard InChI is InChI=1S/C35H56S2/c1-8-10-12-13-21-28-26-31(34(4,5)23-17-11-9-2)37-32(28)30-25-29-22-15-14-19-27(3)20-16-18-24-35(6,7)33(29)36-30/h25-26H,3,8-24H2,1-2,4-7H3. The lowest BCUT2D eigenvalue weighted by Gasteiger charge is -2.26. The average Bonchev–Trinajstić information content (AvgIpc) is 3.47. The van der Waals surface area contributed by atoms with Crippen LogP contribution >= 0.6 is 22.7 Å². The van der Waals surface area contributed by atoms with Crippen molar-refractivity contribution < 1.29 is 0 Å². The van der Waals surface area contributed by atoms with E-state index in [2.05, 4.69) is 82.9 Å². The molecule has 1 aliphatic rings. The van der Waals surface area contributed by atoms with Crippen LogP contribution in [-0.4, -0.2) is 0 Å². The molecule has 2 heteroatoms. The molecule has 2 heterocycles. The largest absolute Gasteiger partial charge is 0.139 e. The molecule has 0 nitrogen and oxygen atoms in total. The van der Waals surface area contributed by atoms with E-state index in [1.54, 1.807) is 30.6 Å². The number of hydrogen-bond donors (Lipinski definition) is 0. The van der Waals surface area contributed by atoms with Gasteiger partial charge in [-0.15, -0.1) is 22.7 Å². The summed E-state index contributed by atoms with van der Waals surface area (Å²) in [5.74, 6) is 0. The second-order valence-corrected chi connectivity index (χ2v) is 15.2. The van der Waals surface area contributed by atoms with Crippen molar-refractivity contribution in [1.29, 1.82) is 0 Å². The van der Waals surface area contributed by atoms with Gasteiger partial charge in [0.2, 0.25) is 0 Å². The van der Waals surface area contributed by atoms with Crippen molar-refractivity contribution in [2.45, 2.75) is 162 Å². The van der Waals surface area contributed by atoms with Gasteiger partial charge < -0.3 is 0 Å². The summed E-state index contributed by atoms with van der Waals surface area (Å²) in [6, 6.07) is 5.24. The van der Waals surface area contributed by atoms with Gasteiger partial charge in [-0.25, -0.2) is 0 Å². The van der Waals surface area contributed by atoms with Crippen molar-refractivity contribution in [2.24, 2.45) is 0 Å². The summed E-state index contributed by atoms with van der Waals surface area (Å²) in [7, 11) is 0. The zero-order valence-electron chi connectivity index (χ0n) is 25.2.